The van der Waals surface area contributed by atoms with E-state index in [1.54, 1.807) is 0 Å². The van der Waals surface area contributed by atoms with Gasteiger partial charge in [0.1, 0.15) is 0 Å². The second kappa shape index (κ2) is 11.7. The minimum absolute atomic E-state index is 0.0732. The molecule has 0 aliphatic carbocycles. The van der Waals surface area contributed by atoms with Gasteiger partial charge in [-0.15, -0.1) is 0 Å². The third kappa shape index (κ3) is 8.17. The molecule has 1 rings (SSSR count). The van der Waals surface area contributed by atoms with Crippen molar-refractivity contribution >= 4 is 15.8 Å². The summed E-state index contributed by atoms with van der Waals surface area (Å²) < 4.78 is 16.8. The van der Waals surface area contributed by atoms with Crippen LogP contribution in [0.5, 0.6) is 0 Å². The molecule has 4 heteroatoms. The van der Waals surface area contributed by atoms with Crippen molar-refractivity contribution in [1.29, 1.82) is 0 Å². The molecule has 0 atom stereocenters. The molecular weight excluding hydrogens is 280 g/mol. The summed E-state index contributed by atoms with van der Waals surface area (Å²) in [6, 6.07) is 9.42. The highest BCUT2D eigenvalue weighted by atomic mass is 28.2. The van der Waals surface area contributed by atoms with Gasteiger partial charge in [-0.3, -0.25) is 0 Å². The Hall–Kier alpha value is -0.943. The van der Waals surface area contributed by atoms with Crippen LogP contribution in [0.2, 0.25) is 6.04 Å². The van der Waals surface area contributed by atoms with E-state index in [1.165, 1.54) is 11.1 Å². The van der Waals surface area contributed by atoms with Gasteiger partial charge >= 0.3 is 0 Å². The second-order valence-corrected chi connectivity index (χ2v) is 6.19. The summed E-state index contributed by atoms with van der Waals surface area (Å²) in [6.07, 6.45) is 3.92. The zero-order valence-electron chi connectivity index (χ0n) is 13.3. The van der Waals surface area contributed by atoms with Gasteiger partial charge in [0.25, 0.3) is 0 Å². The Morgan fingerprint density at radius 2 is 2.00 bits per heavy atom. The van der Waals surface area contributed by atoms with Crippen molar-refractivity contribution < 1.29 is 13.9 Å². The second-order valence-electron chi connectivity index (χ2n) is 4.79. The van der Waals surface area contributed by atoms with Gasteiger partial charge < -0.3 is 13.9 Å². The smallest absolute Gasteiger partial charge is 0.166 e. The largest absolute Gasteiger partial charge is 0.424 e. The van der Waals surface area contributed by atoms with Gasteiger partial charge in [0, 0.05) is 25.9 Å². The van der Waals surface area contributed by atoms with Crippen LogP contribution in [0.25, 0.3) is 6.08 Å². The molecule has 0 fully saturated rings. The van der Waals surface area contributed by atoms with E-state index >= 15 is 0 Å². The number of aryl methyl sites for hydroxylation is 1. The van der Waals surface area contributed by atoms with Crippen LogP contribution in [0.15, 0.2) is 30.8 Å². The van der Waals surface area contributed by atoms with Crippen molar-refractivity contribution in [3.05, 3.63) is 42.0 Å². The lowest BCUT2D eigenvalue weighted by atomic mass is 10.1. The molecule has 0 unspecified atom stereocenters. The van der Waals surface area contributed by atoms with Crippen molar-refractivity contribution in [1.82, 2.24) is 0 Å². The van der Waals surface area contributed by atoms with E-state index in [0.29, 0.717) is 13.2 Å². The van der Waals surface area contributed by atoms with E-state index in [4.69, 9.17) is 13.9 Å². The van der Waals surface area contributed by atoms with Crippen LogP contribution < -0.4 is 0 Å². The Labute approximate surface area is 131 Å². The van der Waals surface area contributed by atoms with Crippen LogP contribution >= 0.6 is 0 Å². The van der Waals surface area contributed by atoms with Gasteiger partial charge in [0.05, 0.1) is 0 Å². The monoisotopic (exact) mass is 308 g/mol. The molecule has 21 heavy (non-hydrogen) atoms. The summed E-state index contributed by atoms with van der Waals surface area (Å²) in [5.74, 6) is 0. The number of ether oxygens (including phenoxy) is 2. The lowest BCUT2D eigenvalue weighted by Gasteiger charge is -2.16. The summed E-state index contributed by atoms with van der Waals surface area (Å²) in [5, 5.41) is 0. The lowest BCUT2D eigenvalue weighted by molar-refractivity contribution is -0.124. The fraction of sp³-hybridized carbons (Fsp3) is 0.529. The zero-order valence-corrected chi connectivity index (χ0v) is 14.8. The molecule has 0 aliphatic rings. The standard InChI is InChI=1S/C17H28O3Si/c1-4-15-9-7-10-16(13-15)11-8-12-20-21-14-17(18-5-2)19-6-3/h4,7,9-10,13,17H,1,5-6,8,11-12,14,21H2,2-3H3. The fourth-order valence-corrected chi connectivity index (χ4v) is 3.22. The Morgan fingerprint density at radius 1 is 1.24 bits per heavy atom. The molecule has 118 valence electrons. The molecule has 0 aromatic heterocycles. The predicted octanol–water partition coefficient (Wildman–Crippen LogP) is 3.18. The molecule has 1 aromatic carbocycles. The molecule has 0 bridgehead atoms. The first-order chi connectivity index (χ1) is 10.3. The average molecular weight is 308 g/mol. The predicted molar refractivity (Wildman–Crippen MR) is 91.2 cm³/mol. The Bertz CT molecular complexity index is 389. The Balaban J connectivity index is 2.12. The normalized spacial score (nSPS) is 11.6. The number of hydrogen-bond donors (Lipinski definition) is 0. The molecule has 0 spiro atoms. The topological polar surface area (TPSA) is 27.7 Å². The van der Waals surface area contributed by atoms with Gasteiger partial charge in [-0.1, -0.05) is 36.9 Å². The molecular formula is C17H28O3Si. The highest BCUT2D eigenvalue weighted by Gasteiger charge is 2.07. The summed E-state index contributed by atoms with van der Waals surface area (Å²) in [6.45, 7) is 10.00. The van der Waals surface area contributed by atoms with E-state index in [0.717, 1.165) is 25.5 Å². The molecule has 3 nitrogen and oxygen atoms in total. The van der Waals surface area contributed by atoms with Crippen molar-refractivity contribution in [2.45, 2.75) is 39.0 Å². The van der Waals surface area contributed by atoms with Crippen LogP contribution in [0, 0.1) is 0 Å². The zero-order chi connectivity index (χ0) is 15.3. The van der Waals surface area contributed by atoms with E-state index in [-0.39, 0.29) is 6.29 Å². The Kier molecular flexibility index (Phi) is 10.1. The molecule has 0 heterocycles. The first kappa shape index (κ1) is 18.1. The summed E-state index contributed by atoms with van der Waals surface area (Å²) in [4.78, 5) is 0. The number of hydrogen-bond acceptors (Lipinski definition) is 3. The molecule has 0 saturated carbocycles. The van der Waals surface area contributed by atoms with Crippen LogP contribution in [0.4, 0.5) is 0 Å². The van der Waals surface area contributed by atoms with Gasteiger partial charge in [-0.05, 0) is 37.8 Å². The van der Waals surface area contributed by atoms with E-state index in [2.05, 4.69) is 30.8 Å². The summed E-state index contributed by atoms with van der Waals surface area (Å²) >= 11 is 0. The fourth-order valence-electron chi connectivity index (χ4n) is 2.12. The quantitative estimate of drug-likeness (QED) is 0.337. The number of rotatable bonds is 12. The Morgan fingerprint density at radius 3 is 2.67 bits per heavy atom. The molecule has 0 saturated heterocycles. The van der Waals surface area contributed by atoms with Gasteiger partial charge in [-0.25, -0.2) is 0 Å². The maximum atomic E-state index is 5.79. The average Bonchev–Trinajstić information content (AvgIpc) is 2.51. The van der Waals surface area contributed by atoms with Crippen LogP contribution in [-0.2, 0) is 20.3 Å². The van der Waals surface area contributed by atoms with Crippen molar-refractivity contribution in [2.24, 2.45) is 0 Å². The van der Waals surface area contributed by atoms with Crippen molar-refractivity contribution in [2.75, 3.05) is 19.8 Å². The highest BCUT2D eigenvalue weighted by molar-refractivity contribution is 6.27. The van der Waals surface area contributed by atoms with E-state index in [1.807, 2.05) is 19.9 Å². The van der Waals surface area contributed by atoms with Gasteiger partial charge in [0.2, 0.25) is 0 Å². The third-order valence-electron chi connectivity index (χ3n) is 3.14. The first-order valence-corrected chi connectivity index (χ1v) is 9.40. The molecule has 0 N–H and O–H groups in total. The van der Waals surface area contributed by atoms with Crippen LogP contribution in [0.1, 0.15) is 31.4 Å². The third-order valence-corrected chi connectivity index (χ3v) is 4.43. The van der Waals surface area contributed by atoms with Crippen molar-refractivity contribution in [3.8, 4) is 0 Å². The van der Waals surface area contributed by atoms with Crippen LogP contribution in [0.3, 0.4) is 0 Å². The SMILES string of the molecule is C=Cc1cccc(CCCO[SiH2]CC(OCC)OCC)c1. The summed E-state index contributed by atoms with van der Waals surface area (Å²) in [5.41, 5.74) is 2.53. The summed E-state index contributed by atoms with van der Waals surface area (Å²) in [7, 11) is -0.555. The van der Waals surface area contributed by atoms with E-state index in [9.17, 15) is 0 Å². The maximum Gasteiger partial charge on any atom is 0.166 e. The minimum Gasteiger partial charge on any atom is -0.424 e. The minimum atomic E-state index is -0.555. The van der Waals surface area contributed by atoms with Crippen molar-refractivity contribution in [3.63, 3.8) is 0 Å². The molecule has 0 radical (unpaired) electrons. The van der Waals surface area contributed by atoms with Gasteiger partial charge in [-0.2, -0.15) is 0 Å². The van der Waals surface area contributed by atoms with Crippen LogP contribution in [-0.4, -0.2) is 35.9 Å². The highest BCUT2D eigenvalue weighted by Crippen LogP contribution is 2.09. The molecule has 1 aromatic rings. The maximum absolute atomic E-state index is 5.79. The molecule has 0 amide bonds. The lowest BCUT2D eigenvalue weighted by Crippen LogP contribution is -2.20. The van der Waals surface area contributed by atoms with Gasteiger partial charge in [0.15, 0.2) is 16.1 Å². The first-order valence-electron chi connectivity index (χ1n) is 7.82. The van der Waals surface area contributed by atoms with E-state index < -0.39 is 9.76 Å². The number of benzene rings is 1. The molecule has 0 aliphatic heterocycles.